The maximum absolute atomic E-state index is 11.4. The lowest BCUT2D eigenvalue weighted by atomic mass is 10.1. The van der Waals surface area contributed by atoms with Crippen LogP contribution in [0.15, 0.2) is 48.5 Å². The van der Waals surface area contributed by atoms with Crippen LogP contribution in [-0.4, -0.2) is 24.8 Å². The van der Waals surface area contributed by atoms with Crippen LogP contribution in [0.5, 0.6) is 11.5 Å². The van der Waals surface area contributed by atoms with Gasteiger partial charge >= 0.3 is 0 Å². The fourth-order valence-corrected chi connectivity index (χ4v) is 3.57. The van der Waals surface area contributed by atoms with E-state index in [0.29, 0.717) is 24.3 Å². The number of hydrogen-bond donors (Lipinski definition) is 0. The third kappa shape index (κ3) is 10.4. The van der Waals surface area contributed by atoms with Crippen LogP contribution in [0.4, 0.5) is 0 Å². The van der Waals surface area contributed by atoms with Gasteiger partial charge in [0.2, 0.25) is 11.6 Å². The Balaban J connectivity index is 1.37. The van der Waals surface area contributed by atoms with Gasteiger partial charge in [0, 0.05) is 11.1 Å². The molecule has 0 amide bonds. The Morgan fingerprint density at radius 3 is 1.12 bits per heavy atom. The topological polar surface area (TPSA) is 52.6 Å². The molecule has 0 saturated heterocycles. The van der Waals surface area contributed by atoms with Crippen molar-refractivity contribution in [1.82, 2.24) is 0 Å². The van der Waals surface area contributed by atoms with Crippen molar-refractivity contribution < 1.29 is 19.1 Å². The highest BCUT2D eigenvalue weighted by Gasteiger charge is 2.03. The number of Topliss-reactive ketones (excluding diaryl/α,β-unsaturated/α-hetero) is 2. The maximum atomic E-state index is 11.4. The number of ketones is 2. The van der Waals surface area contributed by atoms with Gasteiger partial charge in [0.15, 0.2) is 0 Å². The molecule has 178 valence electrons. The van der Waals surface area contributed by atoms with Gasteiger partial charge in [-0.1, -0.05) is 51.4 Å². The first-order valence-corrected chi connectivity index (χ1v) is 12.1. The standard InChI is InChI=1S/C30H34O4/c1-3-29(31)25-15-19-27(20-16-25)33-23-13-11-9-7-5-6-8-10-12-14-24-34-28-21-17-26(18-22-28)30(32)4-2/h1-2,15-22H,5-14,23-24H2. The number of unbranched alkanes of at least 4 members (excludes halogenated alkanes) is 9. The monoisotopic (exact) mass is 458 g/mol. The lowest BCUT2D eigenvalue weighted by Crippen LogP contribution is -1.99. The predicted molar refractivity (Wildman–Crippen MR) is 136 cm³/mol. The van der Waals surface area contributed by atoms with E-state index >= 15 is 0 Å². The molecule has 0 spiro atoms. The molecule has 0 radical (unpaired) electrons. The van der Waals surface area contributed by atoms with Crippen LogP contribution in [0.25, 0.3) is 0 Å². The molecule has 0 fully saturated rings. The van der Waals surface area contributed by atoms with Crippen molar-refractivity contribution in [2.75, 3.05) is 13.2 Å². The Morgan fingerprint density at radius 1 is 0.529 bits per heavy atom. The van der Waals surface area contributed by atoms with E-state index < -0.39 is 0 Å². The number of benzene rings is 2. The SMILES string of the molecule is C#CC(=O)c1ccc(OCCCCCCCCCCCCOc2ccc(C(=O)C#C)cc2)cc1. The summed E-state index contributed by atoms with van der Waals surface area (Å²) >= 11 is 0. The van der Waals surface area contributed by atoms with Gasteiger partial charge in [0.1, 0.15) is 11.5 Å². The minimum absolute atomic E-state index is 0.306. The number of terminal acetylenes is 2. The highest BCUT2D eigenvalue weighted by Crippen LogP contribution is 2.16. The average molecular weight is 459 g/mol. The fourth-order valence-electron chi connectivity index (χ4n) is 3.57. The fraction of sp³-hybridized carbons (Fsp3) is 0.400. The van der Waals surface area contributed by atoms with Crippen molar-refractivity contribution in [3.05, 3.63) is 59.7 Å². The van der Waals surface area contributed by atoms with Gasteiger partial charge in [0.05, 0.1) is 13.2 Å². The van der Waals surface area contributed by atoms with Crippen LogP contribution in [0.3, 0.4) is 0 Å². The van der Waals surface area contributed by atoms with Gasteiger partial charge in [0.25, 0.3) is 0 Å². The third-order valence-corrected chi connectivity index (χ3v) is 5.57. The molecule has 4 heteroatoms. The number of ether oxygens (including phenoxy) is 2. The zero-order valence-electron chi connectivity index (χ0n) is 19.9. The second kappa shape index (κ2) is 16.2. The molecular formula is C30H34O4. The molecule has 0 bridgehead atoms. The lowest BCUT2D eigenvalue weighted by Gasteiger charge is -2.07. The number of hydrogen-bond acceptors (Lipinski definition) is 4. The second-order valence-electron chi connectivity index (χ2n) is 8.23. The highest BCUT2D eigenvalue weighted by atomic mass is 16.5. The Morgan fingerprint density at radius 2 is 0.824 bits per heavy atom. The van der Waals surface area contributed by atoms with Crippen molar-refractivity contribution in [3.63, 3.8) is 0 Å². The molecule has 34 heavy (non-hydrogen) atoms. The van der Waals surface area contributed by atoms with Crippen molar-refractivity contribution in [2.24, 2.45) is 0 Å². The van der Waals surface area contributed by atoms with Gasteiger partial charge in [-0.25, -0.2) is 0 Å². The summed E-state index contributed by atoms with van der Waals surface area (Å²) in [5, 5.41) is 0. The van der Waals surface area contributed by atoms with E-state index in [-0.39, 0.29) is 11.6 Å². The van der Waals surface area contributed by atoms with Crippen LogP contribution >= 0.6 is 0 Å². The van der Waals surface area contributed by atoms with Gasteiger partial charge in [-0.15, -0.1) is 12.8 Å². The first-order chi connectivity index (χ1) is 16.6. The van der Waals surface area contributed by atoms with Crippen molar-refractivity contribution >= 4 is 11.6 Å². The van der Waals surface area contributed by atoms with E-state index in [9.17, 15) is 9.59 Å². The lowest BCUT2D eigenvalue weighted by molar-refractivity contribution is 0.104. The minimum Gasteiger partial charge on any atom is -0.494 e. The molecule has 2 aromatic carbocycles. The summed E-state index contributed by atoms with van der Waals surface area (Å²) in [5.41, 5.74) is 1.04. The van der Waals surface area contributed by atoms with Crippen molar-refractivity contribution in [1.29, 1.82) is 0 Å². The summed E-state index contributed by atoms with van der Waals surface area (Å²) in [6, 6.07) is 14.0. The van der Waals surface area contributed by atoms with Crippen LogP contribution in [0.2, 0.25) is 0 Å². The smallest absolute Gasteiger partial charge is 0.235 e. The summed E-state index contributed by atoms with van der Waals surface area (Å²) in [7, 11) is 0. The van der Waals surface area contributed by atoms with Crippen LogP contribution in [-0.2, 0) is 0 Å². The Bertz CT molecular complexity index is 877. The molecule has 0 heterocycles. The van der Waals surface area contributed by atoms with E-state index in [0.717, 1.165) is 24.3 Å². The van der Waals surface area contributed by atoms with Crippen molar-refractivity contribution in [3.8, 4) is 36.2 Å². The molecule has 0 aromatic heterocycles. The van der Waals surface area contributed by atoms with Crippen molar-refractivity contribution in [2.45, 2.75) is 64.2 Å². The number of carbonyl (C=O) groups excluding carboxylic acids is 2. The average Bonchev–Trinajstić information content (AvgIpc) is 2.88. The summed E-state index contributed by atoms with van der Waals surface area (Å²) in [6.07, 6.45) is 22.2. The zero-order chi connectivity index (χ0) is 24.4. The normalized spacial score (nSPS) is 10.2. The third-order valence-electron chi connectivity index (χ3n) is 5.57. The highest BCUT2D eigenvalue weighted by molar-refractivity contribution is 6.09. The summed E-state index contributed by atoms with van der Waals surface area (Å²) in [4.78, 5) is 22.8. The largest absolute Gasteiger partial charge is 0.494 e. The molecule has 2 aromatic rings. The van der Waals surface area contributed by atoms with Gasteiger partial charge in [-0.05, 0) is 73.2 Å². The Labute approximate surface area is 204 Å². The Hall–Kier alpha value is -3.50. The van der Waals surface area contributed by atoms with E-state index in [2.05, 4.69) is 11.8 Å². The van der Waals surface area contributed by atoms with Crippen LogP contribution in [0.1, 0.15) is 84.9 Å². The molecular weight excluding hydrogens is 424 g/mol. The Kier molecular flexibility index (Phi) is 12.7. The molecule has 0 atom stereocenters. The summed E-state index contributed by atoms with van der Waals surface area (Å²) in [5.74, 6) is 5.15. The first-order valence-electron chi connectivity index (χ1n) is 12.1. The summed E-state index contributed by atoms with van der Waals surface area (Å²) in [6.45, 7) is 1.38. The van der Waals surface area contributed by atoms with E-state index in [1.165, 1.54) is 51.4 Å². The second-order valence-corrected chi connectivity index (χ2v) is 8.23. The molecule has 2 rings (SSSR count). The van der Waals surface area contributed by atoms with Gasteiger partial charge < -0.3 is 9.47 Å². The molecule has 0 saturated carbocycles. The number of rotatable bonds is 17. The zero-order valence-corrected chi connectivity index (χ0v) is 19.9. The van der Waals surface area contributed by atoms with Gasteiger partial charge in [-0.2, -0.15) is 0 Å². The van der Waals surface area contributed by atoms with Gasteiger partial charge in [-0.3, -0.25) is 9.59 Å². The van der Waals surface area contributed by atoms with E-state index in [1.807, 2.05) is 0 Å². The quantitative estimate of drug-likeness (QED) is 0.115. The molecule has 0 N–H and O–H groups in total. The molecule has 0 unspecified atom stereocenters. The first kappa shape index (κ1) is 26.7. The number of carbonyl (C=O) groups is 2. The maximum Gasteiger partial charge on any atom is 0.235 e. The molecule has 0 aliphatic carbocycles. The van der Waals surface area contributed by atoms with Crippen LogP contribution < -0.4 is 9.47 Å². The van der Waals surface area contributed by atoms with Crippen LogP contribution in [0, 0.1) is 24.7 Å². The molecule has 0 aliphatic rings. The van der Waals surface area contributed by atoms with E-state index in [1.54, 1.807) is 48.5 Å². The minimum atomic E-state index is -0.306. The molecule has 4 nitrogen and oxygen atoms in total. The van der Waals surface area contributed by atoms with E-state index in [4.69, 9.17) is 22.3 Å². The molecule has 0 aliphatic heterocycles. The summed E-state index contributed by atoms with van der Waals surface area (Å²) < 4.78 is 11.4. The predicted octanol–water partition coefficient (Wildman–Crippen LogP) is 6.68.